The molecule has 4 aromatic rings. The van der Waals surface area contributed by atoms with Crippen LogP contribution in [0.3, 0.4) is 0 Å². The smallest absolute Gasteiger partial charge is 0.309 e. The van der Waals surface area contributed by atoms with Crippen molar-refractivity contribution in [2.45, 2.75) is 64.1 Å². The van der Waals surface area contributed by atoms with E-state index in [0.29, 0.717) is 38.8 Å². The first kappa shape index (κ1) is 38.0. The molecule has 0 bridgehead atoms. The first-order valence-electron chi connectivity index (χ1n) is 18.3. The number of nitrogens with one attached hydrogen (secondary N) is 1. The molecule has 0 spiro atoms. The Labute approximate surface area is 307 Å². The number of cyclic esters (lactones) is 1. The van der Waals surface area contributed by atoms with Crippen LogP contribution in [0.1, 0.15) is 54.4 Å². The van der Waals surface area contributed by atoms with E-state index in [0.717, 1.165) is 40.8 Å². The van der Waals surface area contributed by atoms with Gasteiger partial charge in [-0.25, -0.2) is 0 Å². The largest absolute Gasteiger partial charge is 0.489 e. The van der Waals surface area contributed by atoms with Gasteiger partial charge in [0.2, 0.25) is 11.8 Å². The van der Waals surface area contributed by atoms with Crippen LogP contribution >= 0.6 is 0 Å². The molecule has 1 heterocycles. The van der Waals surface area contributed by atoms with E-state index >= 15 is 0 Å². The van der Waals surface area contributed by atoms with Crippen LogP contribution in [0.5, 0.6) is 5.75 Å². The number of ether oxygens (including phenoxy) is 2. The molecule has 1 aliphatic heterocycles. The van der Waals surface area contributed by atoms with Crippen LogP contribution < -0.4 is 10.1 Å². The van der Waals surface area contributed by atoms with Gasteiger partial charge in [-0.15, -0.1) is 0 Å². The van der Waals surface area contributed by atoms with Gasteiger partial charge in [-0.1, -0.05) is 115 Å². The molecule has 5 rings (SSSR count). The van der Waals surface area contributed by atoms with Gasteiger partial charge in [0, 0.05) is 19.5 Å². The maximum Gasteiger partial charge on any atom is 0.309 e. The predicted octanol–water partition coefficient (Wildman–Crippen LogP) is 6.85. The van der Waals surface area contributed by atoms with E-state index in [-0.39, 0.29) is 49.9 Å². The highest BCUT2D eigenvalue weighted by atomic mass is 16.5. The Morgan fingerprint density at radius 3 is 2.08 bits per heavy atom. The highest BCUT2D eigenvalue weighted by Gasteiger charge is 2.28. The summed E-state index contributed by atoms with van der Waals surface area (Å²) in [5.74, 6) is -0.967. The number of carbonyl (C=O) groups excluding carboxylic acids is 3. The molecule has 0 saturated carbocycles. The molecule has 2 amide bonds. The molecule has 8 nitrogen and oxygen atoms in total. The van der Waals surface area contributed by atoms with Gasteiger partial charge in [0.05, 0.1) is 24.5 Å². The maximum absolute atomic E-state index is 14.0. The minimum atomic E-state index is -0.638. The average molecular weight is 703 g/mol. The number of benzene rings is 4. The fourth-order valence-corrected chi connectivity index (χ4v) is 6.42. The van der Waals surface area contributed by atoms with E-state index in [1.165, 1.54) is 0 Å². The fraction of sp³-hybridized carbons (Fsp3) is 0.341. The normalized spacial score (nSPS) is 18.4. The Morgan fingerprint density at radius 2 is 1.40 bits per heavy atom. The maximum atomic E-state index is 14.0. The van der Waals surface area contributed by atoms with Crippen molar-refractivity contribution in [1.29, 1.82) is 0 Å². The monoisotopic (exact) mass is 702 g/mol. The number of hydrogen-bond acceptors (Lipinski definition) is 6. The molecule has 0 aliphatic carbocycles. The van der Waals surface area contributed by atoms with Gasteiger partial charge in [-0.3, -0.25) is 14.4 Å². The molecule has 4 aromatic carbocycles. The molecule has 0 aromatic heterocycles. The van der Waals surface area contributed by atoms with Crippen molar-refractivity contribution in [2.75, 3.05) is 19.8 Å². The van der Waals surface area contributed by atoms with E-state index in [2.05, 4.69) is 5.32 Å². The molecule has 8 heteroatoms. The lowest BCUT2D eigenvalue weighted by molar-refractivity contribution is -0.150. The van der Waals surface area contributed by atoms with Gasteiger partial charge in [0.15, 0.2) is 0 Å². The number of rotatable bonds is 13. The Morgan fingerprint density at radius 1 is 0.769 bits per heavy atom. The summed E-state index contributed by atoms with van der Waals surface area (Å²) in [6, 6.07) is 36.7. The Balaban J connectivity index is 1.31. The molecule has 3 atom stereocenters. The van der Waals surface area contributed by atoms with Gasteiger partial charge in [0.25, 0.3) is 0 Å². The average Bonchev–Trinajstić information content (AvgIpc) is 3.17. The fourth-order valence-electron chi connectivity index (χ4n) is 6.42. The summed E-state index contributed by atoms with van der Waals surface area (Å²) in [7, 11) is 0. The summed E-state index contributed by atoms with van der Waals surface area (Å²) in [6.45, 7) is 0.798. The van der Waals surface area contributed by atoms with E-state index < -0.39 is 12.0 Å². The van der Waals surface area contributed by atoms with E-state index in [4.69, 9.17) is 9.47 Å². The minimum Gasteiger partial charge on any atom is -0.489 e. The van der Waals surface area contributed by atoms with Crippen molar-refractivity contribution in [2.24, 2.45) is 11.8 Å². The molecule has 2 N–H and O–H groups in total. The number of amides is 2. The molecular formula is C44H50N2O6. The van der Waals surface area contributed by atoms with Gasteiger partial charge in [-0.2, -0.15) is 0 Å². The van der Waals surface area contributed by atoms with E-state index in [1.54, 1.807) is 4.90 Å². The Kier molecular flexibility index (Phi) is 15.1. The number of hydrogen-bond donors (Lipinski definition) is 2. The van der Waals surface area contributed by atoms with Gasteiger partial charge >= 0.3 is 5.97 Å². The Bertz CT molecular complexity index is 1700. The summed E-state index contributed by atoms with van der Waals surface area (Å²) in [4.78, 5) is 42.8. The molecule has 0 fully saturated rings. The molecule has 0 saturated heterocycles. The van der Waals surface area contributed by atoms with Crippen LogP contribution in [0.25, 0.3) is 0 Å². The van der Waals surface area contributed by atoms with Crippen LogP contribution in [0, 0.1) is 11.8 Å². The van der Waals surface area contributed by atoms with Crippen molar-refractivity contribution >= 4 is 17.8 Å². The zero-order chi connectivity index (χ0) is 36.4. The number of esters is 1. The third-order valence-electron chi connectivity index (χ3n) is 9.33. The van der Waals surface area contributed by atoms with Crippen molar-refractivity contribution in [3.05, 3.63) is 150 Å². The molecule has 272 valence electrons. The molecule has 1 aliphatic rings. The SMILES string of the molecule is O=C1N[C@@H](Cc2ccc(OCc3ccccc3)cc2)COC(=O)[C@@H](Cc2ccccc2)CCCC=CC[C@@H]1CC(=O)N(CCO)Cc1ccccc1. The third kappa shape index (κ3) is 12.5. The summed E-state index contributed by atoms with van der Waals surface area (Å²) in [5.41, 5.74) is 4.04. The van der Waals surface area contributed by atoms with E-state index in [1.807, 2.05) is 127 Å². The lowest BCUT2D eigenvalue weighted by atomic mass is 9.93. The van der Waals surface area contributed by atoms with Gasteiger partial charge in [-0.05, 0) is 72.9 Å². The predicted molar refractivity (Wildman–Crippen MR) is 202 cm³/mol. The zero-order valence-corrected chi connectivity index (χ0v) is 29.8. The van der Waals surface area contributed by atoms with Crippen molar-refractivity contribution in [3.8, 4) is 5.75 Å². The van der Waals surface area contributed by atoms with Crippen LogP contribution in [0.2, 0.25) is 0 Å². The molecule has 52 heavy (non-hydrogen) atoms. The van der Waals surface area contributed by atoms with Crippen LogP contribution in [-0.2, 0) is 45.1 Å². The standard InChI is InChI=1S/C44H50N2O6/c47-27-26-46(31-36-16-8-4-9-17-36)42(48)30-38-20-12-1-2-13-21-39(28-34-14-6-3-7-15-34)44(50)52-33-40(45-43(38)49)29-35-22-24-41(25-23-35)51-32-37-18-10-5-11-19-37/h1,3-12,14-19,22-25,38-40,47H,2,13,20-21,26-33H2,(H,45,49)/t38-,39-,40+/m1/s1. The summed E-state index contributed by atoms with van der Waals surface area (Å²) < 4.78 is 11.9. The molecule has 0 radical (unpaired) electrons. The van der Waals surface area contributed by atoms with Gasteiger partial charge in [0.1, 0.15) is 19.0 Å². The number of aliphatic hydroxyl groups is 1. The second-order valence-electron chi connectivity index (χ2n) is 13.4. The van der Waals surface area contributed by atoms with Crippen LogP contribution in [0.4, 0.5) is 0 Å². The molecular weight excluding hydrogens is 652 g/mol. The number of nitrogens with zero attached hydrogens (tertiary/aromatic N) is 1. The topological polar surface area (TPSA) is 105 Å². The first-order chi connectivity index (χ1) is 25.5. The summed E-state index contributed by atoms with van der Waals surface area (Å²) in [6.07, 6.45) is 7.62. The number of carbonyl (C=O) groups is 3. The van der Waals surface area contributed by atoms with Crippen molar-refractivity contribution < 1.29 is 29.0 Å². The van der Waals surface area contributed by atoms with Crippen LogP contribution in [-0.4, -0.2) is 53.6 Å². The lowest BCUT2D eigenvalue weighted by Crippen LogP contribution is -2.45. The van der Waals surface area contributed by atoms with Crippen LogP contribution in [0.15, 0.2) is 127 Å². The quantitative estimate of drug-likeness (QED) is 0.117. The number of aliphatic hydroxyl groups excluding tert-OH is 1. The van der Waals surface area contributed by atoms with Gasteiger partial charge < -0.3 is 24.8 Å². The highest BCUT2D eigenvalue weighted by molar-refractivity contribution is 5.86. The highest BCUT2D eigenvalue weighted by Crippen LogP contribution is 2.21. The third-order valence-corrected chi connectivity index (χ3v) is 9.33. The lowest BCUT2D eigenvalue weighted by Gasteiger charge is -2.26. The zero-order valence-electron chi connectivity index (χ0n) is 29.8. The summed E-state index contributed by atoms with van der Waals surface area (Å²) >= 11 is 0. The van der Waals surface area contributed by atoms with Crippen molar-refractivity contribution in [1.82, 2.24) is 10.2 Å². The minimum absolute atomic E-state index is 0.00325. The first-order valence-corrected chi connectivity index (χ1v) is 18.3. The molecule has 0 unspecified atom stereocenters. The van der Waals surface area contributed by atoms with Crippen molar-refractivity contribution in [3.63, 3.8) is 0 Å². The second-order valence-corrected chi connectivity index (χ2v) is 13.4. The number of allylic oxidation sites excluding steroid dienone is 2. The Hall–Kier alpha value is -5.21. The second kappa shape index (κ2) is 20.6. The van der Waals surface area contributed by atoms with E-state index in [9.17, 15) is 19.5 Å². The summed E-state index contributed by atoms with van der Waals surface area (Å²) in [5, 5.41) is 12.9.